The number of benzene rings is 1. The summed E-state index contributed by atoms with van der Waals surface area (Å²) in [7, 11) is 0. The lowest BCUT2D eigenvalue weighted by Gasteiger charge is -2.34. The Bertz CT molecular complexity index is 641. The van der Waals surface area contributed by atoms with Crippen LogP contribution in [-0.2, 0) is 6.54 Å². The molecule has 1 atom stereocenters. The molecule has 4 nitrogen and oxygen atoms in total. The zero-order valence-electron chi connectivity index (χ0n) is 12.8. The third kappa shape index (κ3) is 4.06. The number of halogens is 1. The third-order valence-corrected chi connectivity index (χ3v) is 4.34. The normalized spacial score (nSPS) is 15.5. The average molecular weight is 313 g/mol. The van der Waals surface area contributed by atoms with Gasteiger partial charge in [-0.25, -0.2) is 9.18 Å². The second-order valence-electron chi connectivity index (χ2n) is 5.90. The topological polar surface area (TPSA) is 54.0 Å². The van der Waals surface area contributed by atoms with Gasteiger partial charge >= 0.3 is 6.03 Å². The molecule has 2 N–H and O–H groups in total. The van der Waals surface area contributed by atoms with Crippen molar-refractivity contribution in [2.45, 2.75) is 31.8 Å². The smallest absolute Gasteiger partial charge is 0.315 e. The third-order valence-electron chi connectivity index (χ3n) is 4.34. The van der Waals surface area contributed by atoms with Crippen LogP contribution in [0.1, 0.15) is 36.4 Å². The highest BCUT2D eigenvalue weighted by molar-refractivity contribution is 5.74. The van der Waals surface area contributed by atoms with Gasteiger partial charge in [0.25, 0.3) is 0 Å². The highest BCUT2D eigenvalue weighted by Crippen LogP contribution is 2.37. The summed E-state index contributed by atoms with van der Waals surface area (Å²) >= 11 is 0. The van der Waals surface area contributed by atoms with Crippen LogP contribution in [-0.4, -0.2) is 11.0 Å². The van der Waals surface area contributed by atoms with Crippen molar-refractivity contribution >= 4 is 6.03 Å². The van der Waals surface area contributed by atoms with Crippen LogP contribution in [0, 0.1) is 11.7 Å². The first kappa shape index (κ1) is 15.5. The maximum atomic E-state index is 13.1. The minimum atomic E-state index is -0.261. The predicted molar refractivity (Wildman–Crippen MR) is 86.1 cm³/mol. The summed E-state index contributed by atoms with van der Waals surface area (Å²) in [4.78, 5) is 16.2. The Balaban J connectivity index is 1.61. The lowest BCUT2D eigenvalue weighted by molar-refractivity contribution is 0.207. The molecule has 3 rings (SSSR count). The van der Waals surface area contributed by atoms with E-state index in [1.54, 1.807) is 24.5 Å². The zero-order valence-corrected chi connectivity index (χ0v) is 12.8. The second kappa shape index (κ2) is 7.22. The molecular formula is C18H20FN3O. The predicted octanol–water partition coefficient (Wildman–Crippen LogP) is 3.56. The number of rotatable bonds is 5. The number of nitrogens with zero attached hydrogens (tertiary/aromatic N) is 1. The van der Waals surface area contributed by atoms with Gasteiger partial charge in [0.05, 0.1) is 6.04 Å². The molecule has 0 bridgehead atoms. The molecule has 1 aliphatic rings. The monoisotopic (exact) mass is 313 g/mol. The van der Waals surface area contributed by atoms with E-state index >= 15 is 0 Å². The lowest BCUT2D eigenvalue weighted by Crippen LogP contribution is -2.41. The van der Waals surface area contributed by atoms with E-state index < -0.39 is 0 Å². The number of carbonyl (C=O) groups excluding carboxylic acids is 1. The Hall–Kier alpha value is -2.43. The molecule has 2 aromatic rings. The highest BCUT2D eigenvalue weighted by Gasteiger charge is 2.29. The van der Waals surface area contributed by atoms with Crippen molar-refractivity contribution in [2.75, 3.05) is 0 Å². The SMILES string of the molecule is O=C(NCc1ccncc1)N[C@H](c1ccc(F)cc1)C1CCC1. The van der Waals surface area contributed by atoms with Gasteiger partial charge in [-0.15, -0.1) is 0 Å². The summed E-state index contributed by atoms with van der Waals surface area (Å²) in [5, 5.41) is 5.90. The molecule has 23 heavy (non-hydrogen) atoms. The van der Waals surface area contributed by atoms with E-state index in [-0.39, 0.29) is 17.9 Å². The van der Waals surface area contributed by atoms with E-state index in [4.69, 9.17) is 0 Å². The second-order valence-corrected chi connectivity index (χ2v) is 5.90. The van der Waals surface area contributed by atoms with Gasteiger partial charge < -0.3 is 10.6 Å². The molecule has 0 aliphatic heterocycles. The Kier molecular flexibility index (Phi) is 4.86. The van der Waals surface area contributed by atoms with E-state index in [0.717, 1.165) is 24.0 Å². The van der Waals surface area contributed by atoms with Crippen molar-refractivity contribution in [1.82, 2.24) is 15.6 Å². The van der Waals surface area contributed by atoms with Gasteiger partial charge in [0, 0.05) is 18.9 Å². The van der Waals surface area contributed by atoms with E-state index in [2.05, 4.69) is 15.6 Å². The molecule has 1 heterocycles. The number of hydrogen-bond donors (Lipinski definition) is 2. The minimum Gasteiger partial charge on any atom is -0.334 e. The van der Waals surface area contributed by atoms with Crippen LogP contribution in [0.2, 0.25) is 0 Å². The van der Waals surface area contributed by atoms with Crippen molar-refractivity contribution in [3.63, 3.8) is 0 Å². The number of urea groups is 1. The molecule has 0 spiro atoms. The van der Waals surface area contributed by atoms with E-state index in [0.29, 0.717) is 12.5 Å². The number of aromatic nitrogens is 1. The molecule has 0 radical (unpaired) electrons. The molecular weight excluding hydrogens is 293 g/mol. The number of pyridine rings is 1. The Morgan fingerprint density at radius 2 is 1.87 bits per heavy atom. The molecule has 1 aromatic heterocycles. The largest absolute Gasteiger partial charge is 0.334 e. The van der Waals surface area contributed by atoms with Crippen LogP contribution in [0.4, 0.5) is 9.18 Å². The fourth-order valence-corrected chi connectivity index (χ4v) is 2.79. The van der Waals surface area contributed by atoms with Gasteiger partial charge in [0.15, 0.2) is 0 Å². The molecule has 2 amide bonds. The first-order chi connectivity index (χ1) is 11.2. The first-order valence-corrected chi connectivity index (χ1v) is 7.91. The van der Waals surface area contributed by atoms with Crippen LogP contribution < -0.4 is 10.6 Å². The van der Waals surface area contributed by atoms with Crippen molar-refractivity contribution in [3.05, 3.63) is 65.7 Å². The maximum absolute atomic E-state index is 13.1. The minimum absolute atomic E-state index is 0.0678. The lowest BCUT2D eigenvalue weighted by atomic mass is 9.77. The number of amides is 2. The molecule has 1 aliphatic carbocycles. The van der Waals surface area contributed by atoms with Crippen molar-refractivity contribution < 1.29 is 9.18 Å². The summed E-state index contributed by atoms with van der Waals surface area (Å²) in [6, 6.07) is 9.84. The summed E-state index contributed by atoms with van der Waals surface area (Å²) in [5.41, 5.74) is 1.95. The number of carbonyl (C=O) groups is 1. The molecule has 1 saturated carbocycles. The summed E-state index contributed by atoms with van der Waals surface area (Å²) in [6.07, 6.45) is 6.76. The zero-order chi connectivity index (χ0) is 16.1. The quantitative estimate of drug-likeness (QED) is 0.887. The number of hydrogen-bond acceptors (Lipinski definition) is 2. The summed E-state index contributed by atoms with van der Waals surface area (Å²) in [5.74, 6) is 0.162. The summed E-state index contributed by atoms with van der Waals surface area (Å²) < 4.78 is 13.1. The van der Waals surface area contributed by atoms with Crippen LogP contribution in [0.3, 0.4) is 0 Å². The van der Waals surface area contributed by atoms with E-state index in [1.165, 1.54) is 18.6 Å². The van der Waals surface area contributed by atoms with Crippen molar-refractivity contribution in [1.29, 1.82) is 0 Å². The molecule has 0 saturated heterocycles. The van der Waals surface area contributed by atoms with Crippen molar-refractivity contribution in [2.24, 2.45) is 5.92 Å². The van der Waals surface area contributed by atoms with E-state index in [9.17, 15) is 9.18 Å². The fraction of sp³-hybridized carbons (Fsp3) is 0.333. The maximum Gasteiger partial charge on any atom is 0.315 e. The Labute approximate surface area is 135 Å². The molecule has 120 valence electrons. The van der Waals surface area contributed by atoms with Gasteiger partial charge in [-0.05, 0) is 54.2 Å². The van der Waals surface area contributed by atoms with Crippen LogP contribution in [0.25, 0.3) is 0 Å². The van der Waals surface area contributed by atoms with Crippen molar-refractivity contribution in [3.8, 4) is 0 Å². The Morgan fingerprint density at radius 1 is 1.17 bits per heavy atom. The fourth-order valence-electron chi connectivity index (χ4n) is 2.79. The summed E-state index contributed by atoms with van der Waals surface area (Å²) in [6.45, 7) is 0.454. The van der Waals surface area contributed by atoms with E-state index in [1.807, 2.05) is 12.1 Å². The van der Waals surface area contributed by atoms with Gasteiger partial charge in [0.2, 0.25) is 0 Å². The van der Waals surface area contributed by atoms with Gasteiger partial charge in [-0.1, -0.05) is 18.6 Å². The van der Waals surface area contributed by atoms with Gasteiger partial charge in [0.1, 0.15) is 5.82 Å². The standard InChI is InChI=1S/C18H20FN3O/c19-16-6-4-15(5-7-16)17(14-2-1-3-14)22-18(23)21-12-13-8-10-20-11-9-13/h4-11,14,17H,1-3,12H2,(H2,21,22,23)/t17-/m0/s1. The molecule has 5 heteroatoms. The van der Waals surface area contributed by atoms with Gasteiger partial charge in [-0.3, -0.25) is 4.98 Å². The van der Waals surface area contributed by atoms with Gasteiger partial charge in [-0.2, -0.15) is 0 Å². The van der Waals surface area contributed by atoms with Crippen LogP contribution in [0.5, 0.6) is 0 Å². The first-order valence-electron chi connectivity index (χ1n) is 7.91. The Morgan fingerprint density at radius 3 is 2.48 bits per heavy atom. The molecule has 1 aromatic carbocycles. The molecule has 1 fully saturated rings. The molecule has 0 unspecified atom stereocenters. The highest BCUT2D eigenvalue weighted by atomic mass is 19.1. The van der Waals surface area contributed by atoms with Crippen LogP contribution >= 0.6 is 0 Å². The average Bonchev–Trinajstić information content (AvgIpc) is 2.52. The number of nitrogens with one attached hydrogen (secondary N) is 2. The van der Waals surface area contributed by atoms with Crippen LogP contribution in [0.15, 0.2) is 48.8 Å².